The van der Waals surface area contributed by atoms with Crippen molar-refractivity contribution in [3.8, 4) is 0 Å². The van der Waals surface area contributed by atoms with E-state index >= 15 is 0 Å². The Morgan fingerprint density at radius 3 is 2.20 bits per heavy atom. The van der Waals surface area contributed by atoms with Gasteiger partial charge in [0.25, 0.3) is 0 Å². The third-order valence-corrected chi connectivity index (χ3v) is 4.27. The molecule has 1 aromatic carbocycles. The summed E-state index contributed by atoms with van der Waals surface area (Å²) in [6.45, 7) is 11.5. The van der Waals surface area contributed by atoms with Crippen molar-refractivity contribution < 1.29 is 23.9 Å². The zero-order valence-electron chi connectivity index (χ0n) is 18.7. The molecule has 1 aliphatic rings. The number of nitrogens with zero attached hydrogens (tertiary/aromatic N) is 2. The highest BCUT2D eigenvalue weighted by Crippen LogP contribution is 2.18. The maximum absolute atomic E-state index is 12.9. The first-order valence-electron chi connectivity index (χ1n) is 10.1. The fraction of sp³-hybridized carbons (Fsp3) is 0.591. The lowest BCUT2D eigenvalue weighted by atomic mass is 10.1. The number of carbonyl (C=O) groups excluding carboxylic acids is 3. The molecule has 1 heterocycles. The normalized spacial score (nSPS) is 17.3. The summed E-state index contributed by atoms with van der Waals surface area (Å²) < 4.78 is 10.9. The molecule has 30 heavy (non-hydrogen) atoms. The molecule has 1 atom stereocenters. The Bertz CT molecular complexity index is 752. The van der Waals surface area contributed by atoms with Crippen LogP contribution in [-0.4, -0.2) is 64.7 Å². The van der Waals surface area contributed by atoms with E-state index in [1.807, 2.05) is 51.1 Å². The number of piperazine rings is 1. The molecule has 0 radical (unpaired) electrons. The van der Waals surface area contributed by atoms with E-state index in [0.29, 0.717) is 0 Å². The minimum absolute atomic E-state index is 0.0365. The van der Waals surface area contributed by atoms with E-state index in [9.17, 15) is 14.4 Å². The van der Waals surface area contributed by atoms with Gasteiger partial charge in [-0.2, -0.15) is 0 Å². The number of benzene rings is 1. The van der Waals surface area contributed by atoms with Crippen LogP contribution in [0.25, 0.3) is 0 Å². The number of hydrogen-bond acceptors (Lipinski definition) is 5. The predicted octanol–water partition coefficient (Wildman–Crippen LogP) is 3.16. The van der Waals surface area contributed by atoms with E-state index in [1.165, 1.54) is 9.80 Å². The minimum Gasteiger partial charge on any atom is -0.445 e. The van der Waals surface area contributed by atoms with Gasteiger partial charge in [0, 0.05) is 18.6 Å². The van der Waals surface area contributed by atoms with Crippen molar-refractivity contribution in [1.29, 1.82) is 0 Å². The van der Waals surface area contributed by atoms with Crippen molar-refractivity contribution >= 4 is 18.1 Å². The number of ether oxygens (including phenoxy) is 2. The topological polar surface area (TPSA) is 88.2 Å². The van der Waals surface area contributed by atoms with Gasteiger partial charge in [-0.3, -0.25) is 9.69 Å². The first kappa shape index (κ1) is 23.5. The first-order chi connectivity index (χ1) is 13.9. The number of nitrogens with one attached hydrogen (secondary N) is 1. The third-order valence-electron chi connectivity index (χ3n) is 4.27. The number of rotatable bonds is 3. The van der Waals surface area contributed by atoms with Crippen molar-refractivity contribution in [3.63, 3.8) is 0 Å². The van der Waals surface area contributed by atoms with Gasteiger partial charge in [-0.15, -0.1) is 0 Å². The molecule has 1 aliphatic heterocycles. The van der Waals surface area contributed by atoms with Crippen LogP contribution in [0.5, 0.6) is 0 Å². The van der Waals surface area contributed by atoms with E-state index in [-0.39, 0.29) is 32.1 Å². The van der Waals surface area contributed by atoms with Crippen LogP contribution < -0.4 is 5.32 Å². The van der Waals surface area contributed by atoms with Crippen LogP contribution in [-0.2, 0) is 20.9 Å². The van der Waals surface area contributed by atoms with Crippen molar-refractivity contribution in [3.05, 3.63) is 35.9 Å². The summed E-state index contributed by atoms with van der Waals surface area (Å²) in [7, 11) is 0. The maximum Gasteiger partial charge on any atom is 0.411 e. The number of hydrogen-bond donors (Lipinski definition) is 1. The Morgan fingerprint density at radius 1 is 1.00 bits per heavy atom. The summed E-state index contributed by atoms with van der Waals surface area (Å²) in [4.78, 5) is 41.0. The fourth-order valence-corrected chi connectivity index (χ4v) is 2.98. The summed E-state index contributed by atoms with van der Waals surface area (Å²) in [5.74, 6) is -0.339. The maximum atomic E-state index is 12.9. The number of amides is 3. The molecule has 0 saturated carbocycles. The lowest BCUT2D eigenvalue weighted by Gasteiger charge is -2.41. The van der Waals surface area contributed by atoms with Crippen LogP contribution >= 0.6 is 0 Å². The fourth-order valence-electron chi connectivity index (χ4n) is 2.98. The monoisotopic (exact) mass is 419 g/mol. The molecule has 1 unspecified atom stereocenters. The summed E-state index contributed by atoms with van der Waals surface area (Å²) in [6.07, 6.45) is -1.09. The molecule has 0 spiro atoms. The highest BCUT2D eigenvalue weighted by Gasteiger charge is 2.40. The lowest BCUT2D eigenvalue weighted by molar-refractivity contribution is -0.129. The van der Waals surface area contributed by atoms with Crippen molar-refractivity contribution in [2.24, 2.45) is 0 Å². The van der Waals surface area contributed by atoms with Crippen molar-refractivity contribution in [2.75, 3.05) is 19.6 Å². The zero-order chi connectivity index (χ0) is 22.5. The van der Waals surface area contributed by atoms with E-state index in [1.54, 1.807) is 20.8 Å². The van der Waals surface area contributed by atoms with Gasteiger partial charge in [-0.25, -0.2) is 9.59 Å². The van der Waals surface area contributed by atoms with Gasteiger partial charge in [0.15, 0.2) is 0 Å². The highest BCUT2D eigenvalue weighted by molar-refractivity contribution is 5.87. The van der Waals surface area contributed by atoms with Crippen molar-refractivity contribution in [2.45, 2.75) is 65.3 Å². The SMILES string of the molecule is CC(C)(C)NC(=O)C1CN(C(=O)OCc2ccccc2)CCN1C(=O)OC(C)(C)C. The van der Waals surface area contributed by atoms with Crippen molar-refractivity contribution in [1.82, 2.24) is 15.1 Å². The Balaban J connectivity index is 2.09. The average molecular weight is 420 g/mol. The Labute approximate surface area is 178 Å². The molecule has 8 heteroatoms. The molecule has 1 aromatic rings. The van der Waals surface area contributed by atoms with E-state index in [2.05, 4.69) is 5.32 Å². The summed E-state index contributed by atoms with van der Waals surface area (Å²) in [6, 6.07) is 8.50. The standard InChI is InChI=1S/C22H33N3O5/c1-21(2,3)23-18(26)17-14-24(12-13-25(17)20(28)30-22(4,5)6)19(27)29-15-16-10-8-7-9-11-16/h7-11,17H,12-15H2,1-6H3,(H,23,26). The van der Waals surface area contributed by atoms with Crippen LogP contribution in [0.15, 0.2) is 30.3 Å². The zero-order valence-corrected chi connectivity index (χ0v) is 18.7. The molecule has 1 saturated heterocycles. The summed E-state index contributed by atoms with van der Waals surface area (Å²) in [5, 5.41) is 2.89. The molecule has 1 fully saturated rings. The van der Waals surface area contributed by atoms with Gasteiger partial charge in [0.2, 0.25) is 5.91 Å². The van der Waals surface area contributed by atoms with Gasteiger partial charge in [0.1, 0.15) is 18.2 Å². The predicted molar refractivity (Wildman–Crippen MR) is 113 cm³/mol. The second kappa shape index (κ2) is 9.36. The van der Waals surface area contributed by atoms with Gasteiger partial charge >= 0.3 is 12.2 Å². The molecular weight excluding hydrogens is 386 g/mol. The molecule has 0 aliphatic carbocycles. The summed E-state index contributed by atoms with van der Waals surface area (Å²) >= 11 is 0. The third kappa shape index (κ3) is 7.24. The summed E-state index contributed by atoms with van der Waals surface area (Å²) in [5.41, 5.74) is -0.291. The Kier molecular flexibility index (Phi) is 7.34. The molecule has 3 amide bonds. The Hall–Kier alpha value is -2.77. The molecule has 2 rings (SSSR count). The lowest BCUT2D eigenvalue weighted by Crippen LogP contribution is -2.63. The van der Waals surface area contributed by atoms with Gasteiger partial charge < -0.3 is 19.7 Å². The highest BCUT2D eigenvalue weighted by atomic mass is 16.6. The Morgan fingerprint density at radius 2 is 1.63 bits per heavy atom. The van der Waals surface area contributed by atoms with E-state index in [0.717, 1.165) is 5.56 Å². The van der Waals surface area contributed by atoms with Crippen LogP contribution in [0.1, 0.15) is 47.1 Å². The van der Waals surface area contributed by atoms with Gasteiger partial charge in [0.05, 0.1) is 6.54 Å². The largest absolute Gasteiger partial charge is 0.445 e. The second-order valence-electron chi connectivity index (χ2n) is 9.41. The quantitative estimate of drug-likeness (QED) is 0.813. The molecular formula is C22H33N3O5. The van der Waals surface area contributed by atoms with E-state index < -0.39 is 29.4 Å². The molecule has 0 aromatic heterocycles. The van der Waals surface area contributed by atoms with E-state index in [4.69, 9.17) is 9.47 Å². The molecule has 0 bridgehead atoms. The van der Waals surface area contributed by atoms with Gasteiger partial charge in [-0.05, 0) is 47.1 Å². The average Bonchev–Trinajstić information content (AvgIpc) is 2.63. The van der Waals surface area contributed by atoms with Crippen LogP contribution in [0, 0.1) is 0 Å². The smallest absolute Gasteiger partial charge is 0.411 e. The van der Waals surface area contributed by atoms with Gasteiger partial charge in [-0.1, -0.05) is 30.3 Å². The van der Waals surface area contributed by atoms with Crippen LogP contribution in [0.2, 0.25) is 0 Å². The molecule has 1 N–H and O–H groups in total. The molecule has 8 nitrogen and oxygen atoms in total. The number of carbonyl (C=O) groups is 3. The first-order valence-corrected chi connectivity index (χ1v) is 10.1. The minimum atomic E-state index is -0.864. The van der Waals surface area contributed by atoms with Crippen LogP contribution in [0.3, 0.4) is 0 Å². The van der Waals surface area contributed by atoms with Crippen LogP contribution in [0.4, 0.5) is 9.59 Å². The second-order valence-corrected chi connectivity index (χ2v) is 9.41. The molecule has 166 valence electrons.